The molecule has 8 heteroatoms. The molecule has 2 aromatic rings. The van der Waals surface area contributed by atoms with Gasteiger partial charge in [0.25, 0.3) is 0 Å². The summed E-state index contributed by atoms with van der Waals surface area (Å²) in [5, 5.41) is 5.53. The maximum atomic E-state index is 12.2. The van der Waals surface area contributed by atoms with Crippen LogP contribution in [0.1, 0.15) is 38.1 Å². The first-order valence-electron chi connectivity index (χ1n) is 9.08. The van der Waals surface area contributed by atoms with E-state index < -0.39 is 12.2 Å². The monoisotopic (exact) mass is 398 g/mol. The van der Waals surface area contributed by atoms with Crippen molar-refractivity contribution in [3.63, 3.8) is 0 Å². The summed E-state index contributed by atoms with van der Waals surface area (Å²) in [6.07, 6.45) is -0.904. The average Bonchev–Trinajstić information content (AvgIpc) is 3.14. The van der Waals surface area contributed by atoms with Crippen molar-refractivity contribution in [3.05, 3.63) is 53.6 Å². The molecule has 0 saturated carbocycles. The van der Waals surface area contributed by atoms with Crippen molar-refractivity contribution in [3.8, 4) is 17.2 Å². The van der Waals surface area contributed by atoms with Crippen LogP contribution in [0.15, 0.2) is 47.6 Å². The maximum absolute atomic E-state index is 12.2. The third-order valence-corrected chi connectivity index (χ3v) is 4.12. The Labute approximate surface area is 168 Å². The Morgan fingerprint density at radius 2 is 1.86 bits per heavy atom. The zero-order valence-corrected chi connectivity index (χ0v) is 16.7. The van der Waals surface area contributed by atoms with Crippen molar-refractivity contribution in [2.75, 3.05) is 13.7 Å². The molecule has 0 fully saturated rings. The Morgan fingerprint density at radius 3 is 2.45 bits per heavy atom. The minimum absolute atomic E-state index is 0.182. The van der Waals surface area contributed by atoms with Gasteiger partial charge >= 0.3 is 5.97 Å². The number of para-hydroxylation sites is 1. The second kappa shape index (κ2) is 8.64. The fourth-order valence-corrected chi connectivity index (χ4v) is 2.89. The van der Waals surface area contributed by atoms with Gasteiger partial charge in [-0.25, -0.2) is 0 Å². The minimum atomic E-state index is -0.904. The molecule has 0 unspecified atom stereocenters. The lowest BCUT2D eigenvalue weighted by Gasteiger charge is -2.22. The second-order valence-corrected chi connectivity index (χ2v) is 6.17. The summed E-state index contributed by atoms with van der Waals surface area (Å²) < 4.78 is 22.1. The van der Waals surface area contributed by atoms with Crippen LogP contribution in [0.2, 0.25) is 0 Å². The maximum Gasteiger partial charge on any atom is 0.308 e. The number of hydrazone groups is 1. The molecule has 1 heterocycles. The summed E-state index contributed by atoms with van der Waals surface area (Å²) in [6, 6.07) is 12.3. The molecule has 0 radical (unpaired) electrons. The molecule has 0 aliphatic carbocycles. The highest BCUT2D eigenvalue weighted by atomic mass is 16.6. The van der Waals surface area contributed by atoms with Crippen molar-refractivity contribution < 1.29 is 28.5 Å². The van der Waals surface area contributed by atoms with Crippen LogP contribution in [0, 0.1) is 0 Å². The average molecular weight is 398 g/mol. The first kappa shape index (κ1) is 20.2. The zero-order valence-electron chi connectivity index (χ0n) is 16.7. The first-order valence-corrected chi connectivity index (χ1v) is 9.08. The molecule has 1 aliphatic rings. The molecular formula is C21H22N2O6. The molecule has 0 saturated heterocycles. The first-order chi connectivity index (χ1) is 13.9. The molecule has 152 valence electrons. The summed E-state index contributed by atoms with van der Waals surface area (Å²) in [5.41, 5.74) is 1.12. The molecule has 0 spiro atoms. The van der Waals surface area contributed by atoms with Gasteiger partial charge in [0.05, 0.1) is 19.3 Å². The van der Waals surface area contributed by atoms with Gasteiger partial charge in [0.1, 0.15) is 5.75 Å². The van der Waals surface area contributed by atoms with E-state index in [-0.39, 0.29) is 17.6 Å². The number of esters is 1. The van der Waals surface area contributed by atoms with Crippen LogP contribution >= 0.6 is 0 Å². The SMILES string of the molecule is CCOc1ccc(C2=NN(C(C)=O)[C@@H](c3cccc(OC)c3OC(C)=O)O2)cc1. The number of carbonyl (C=O) groups is 2. The molecule has 0 aromatic heterocycles. The number of hydrogen-bond donors (Lipinski definition) is 0. The zero-order chi connectivity index (χ0) is 21.0. The van der Waals surface area contributed by atoms with Gasteiger partial charge in [0.2, 0.25) is 18.0 Å². The highest BCUT2D eigenvalue weighted by Crippen LogP contribution is 2.40. The minimum Gasteiger partial charge on any atom is -0.494 e. The number of benzene rings is 2. The van der Waals surface area contributed by atoms with Crippen LogP contribution in [0.4, 0.5) is 0 Å². The van der Waals surface area contributed by atoms with Crippen LogP contribution in [-0.4, -0.2) is 36.5 Å². The summed E-state index contributed by atoms with van der Waals surface area (Å²) in [5.74, 6) is 0.675. The summed E-state index contributed by atoms with van der Waals surface area (Å²) >= 11 is 0. The predicted molar refractivity (Wildman–Crippen MR) is 105 cm³/mol. The third-order valence-electron chi connectivity index (χ3n) is 4.12. The van der Waals surface area contributed by atoms with Gasteiger partial charge in [0.15, 0.2) is 11.5 Å². The van der Waals surface area contributed by atoms with E-state index in [4.69, 9.17) is 18.9 Å². The molecule has 8 nitrogen and oxygen atoms in total. The van der Waals surface area contributed by atoms with E-state index in [0.717, 1.165) is 5.75 Å². The van der Waals surface area contributed by atoms with Crippen molar-refractivity contribution in [2.45, 2.75) is 27.0 Å². The van der Waals surface area contributed by atoms with Crippen LogP contribution in [0.25, 0.3) is 0 Å². The van der Waals surface area contributed by atoms with Crippen LogP contribution < -0.4 is 14.2 Å². The lowest BCUT2D eigenvalue weighted by atomic mass is 10.1. The van der Waals surface area contributed by atoms with E-state index in [9.17, 15) is 9.59 Å². The molecule has 29 heavy (non-hydrogen) atoms. The molecule has 0 N–H and O–H groups in total. The number of carbonyl (C=O) groups excluding carboxylic acids is 2. The van der Waals surface area contributed by atoms with Gasteiger partial charge in [-0.05, 0) is 43.3 Å². The molecule has 1 amide bonds. The van der Waals surface area contributed by atoms with Crippen molar-refractivity contribution in [2.24, 2.45) is 5.10 Å². The lowest BCUT2D eigenvalue weighted by Crippen LogP contribution is -2.26. The molecule has 2 aromatic carbocycles. The molecule has 0 bridgehead atoms. The number of nitrogens with zero attached hydrogens (tertiary/aromatic N) is 2. The Morgan fingerprint density at radius 1 is 1.14 bits per heavy atom. The quantitative estimate of drug-likeness (QED) is 0.548. The molecule has 1 aliphatic heterocycles. The number of rotatable bonds is 6. The van der Waals surface area contributed by atoms with E-state index in [1.54, 1.807) is 42.5 Å². The summed E-state index contributed by atoms with van der Waals surface area (Å²) in [7, 11) is 1.46. The Bertz CT molecular complexity index is 939. The molecule has 1 atom stereocenters. The van der Waals surface area contributed by atoms with Crippen LogP contribution in [0.3, 0.4) is 0 Å². The topological polar surface area (TPSA) is 86.7 Å². The van der Waals surface area contributed by atoms with Gasteiger partial charge in [-0.15, -0.1) is 5.10 Å². The fraction of sp³-hybridized carbons (Fsp3) is 0.286. The van der Waals surface area contributed by atoms with Gasteiger partial charge in [-0.3, -0.25) is 9.59 Å². The Hall–Kier alpha value is -3.55. The third kappa shape index (κ3) is 4.31. The van der Waals surface area contributed by atoms with Crippen LogP contribution in [0.5, 0.6) is 17.2 Å². The molecular weight excluding hydrogens is 376 g/mol. The standard InChI is InChI=1S/C21H22N2O6/c1-5-27-16-11-9-15(10-12-16)20-22-23(13(2)24)21(29-20)17-7-6-8-18(26-4)19(17)28-14(3)25/h6-12,21H,5H2,1-4H3/t21-/m1/s1. The number of hydrogen-bond acceptors (Lipinski definition) is 7. The largest absolute Gasteiger partial charge is 0.494 e. The highest BCUT2D eigenvalue weighted by molar-refractivity contribution is 5.96. The second-order valence-electron chi connectivity index (χ2n) is 6.17. The Balaban J connectivity index is 1.97. The predicted octanol–water partition coefficient (Wildman–Crippen LogP) is 3.26. The van der Waals surface area contributed by atoms with E-state index in [1.165, 1.54) is 26.0 Å². The van der Waals surface area contributed by atoms with E-state index >= 15 is 0 Å². The van der Waals surface area contributed by atoms with Crippen molar-refractivity contribution in [1.82, 2.24) is 5.01 Å². The summed E-state index contributed by atoms with van der Waals surface area (Å²) in [4.78, 5) is 23.8. The van der Waals surface area contributed by atoms with Gasteiger partial charge in [-0.2, -0.15) is 5.01 Å². The smallest absolute Gasteiger partial charge is 0.308 e. The van der Waals surface area contributed by atoms with E-state index in [0.29, 0.717) is 23.5 Å². The number of ether oxygens (including phenoxy) is 4. The number of amides is 1. The number of methoxy groups -OCH3 is 1. The van der Waals surface area contributed by atoms with Gasteiger partial charge < -0.3 is 18.9 Å². The highest BCUT2D eigenvalue weighted by Gasteiger charge is 2.36. The van der Waals surface area contributed by atoms with Crippen LogP contribution in [-0.2, 0) is 14.3 Å². The van der Waals surface area contributed by atoms with Crippen molar-refractivity contribution >= 4 is 17.8 Å². The lowest BCUT2D eigenvalue weighted by molar-refractivity contribution is -0.135. The van der Waals surface area contributed by atoms with E-state index in [2.05, 4.69) is 5.10 Å². The van der Waals surface area contributed by atoms with E-state index in [1.807, 2.05) is 6.92 Å². The fourth-order valence-electron chi connectivity index (χ4n) is 2.89. The molecule has 3 rings (SSSR count). The van der Waals surface area contributed by atoms with Gasteiger partial charge in [0, 0.05) is 19.4 Å². The van der Waals surface area contributed by atoms with Gasteiger partial charge in [-0.1, -0.05) is 6.07 Å². The summed E-state index contributed by atoms with van der Waals surface area (Å²) in [6.45, 7) is 5.14. The normalized spacial score (nSPS) is 15.4. The van der Waals surface area contributed by atoms with Crippen molar-refractivity contribution in [1.29, 1.82) is 0 Å². The Kier molecular flexibility index (Phi) is 6.01.